The van der Waals surface area contributed by atoms with Gasteiger partial charge in [0.2, 0.25) is 5.91 Å². The highest BCUT2D eigenvalue weighted by atomic mass is 79.9. The fraction of sp³-hybridized carbons (Fsp3) is 0.400. The molecule has 1 unspecified atom stereocenters. The van der Waals surface area contributed by atoms with E-state index in [2.05, 4.69) is 37.9 Å². The van der Waals surface area contributed by atoms with Gasteiger partial charge in [0.05, 0.1) is 12.5 Å². The zero-order valence-corrected chi connectivity index (χ0v) is 17.4. The first-order valence-corrected chi connectivity index (χ1v) is 9.55. The van der Waals surface area contributed by atoms with E-state index in [0.717, 1.165) is 29.7 Å². The lowest BCUT2D eigenvalue weighted by Crippen LogP contribution is -2.39. The zero-order chi connectivity index (χ0) is 17.6. The van der Waals surface area contributed by atoms with E-state index < -0.39 is 0 Å². The second-order valence-corrected chi connectivity index (χ2v) is 7.54. The van der Waals surface area contributed by atoms with Crippen molar-refractivity contribution < 1.29 is 4.79 Å². The molecule has 3 rings (SSSR count). The van der Waals surface area contributed by atoms with Crippen molar-refractivity contribution in [3.63, 3.8) is 0 Å². The van der Waals surface area contributed by atoms with E-state index in [1.165, 1.54) is 18.4 Å². The van der Waals surface area contributed by atoms with E-state index in [1.54, 1.807) is 12.4 Å². The van der Waals surface area contributed by atoms with E-state index >= 15 is 0 Å². The Labute approximate surface area is 170 Å². The normalized spacial score (nSPS) is 15.3. The minimum Gasteiger partial charge on any atom is -0.337 e. The maximum atomic E-state index is 12.9. The van der Waals surface area contributed by atoms with E-state index in [-0.39, 0.29) is 24.4 Å². The molecule has 0 bridgehead atoms. The highest BCUT2D eigenvalue weighted by Crippen LogP contribution is 2.24. The van der Waals surface area contributed by atoms with Crippen LogP contribution in [0.5, 0.6) is 0 Å². The van der Waals surface area contributed by atoms with Gasteiger partial charge in [0.25, 0.3) is 0 Å². The van der Waals surface area contributed by atoms with Crippen LogP contribution in [0.25, 0.3) is 0 Å². The Morgan fingerprint density at radius 1 is 1.23 bits per heavy atom. The Bertz CT molecular complexity index is 707. The monoisotopic (exact) mass is 437 g/mol. The van der Waals surface area contributed by atoms with Gasteiger partial charge in [-0.15, -0.1) is 12.4 Å². The molecule has 140 valence electrons. The second-order valence-electron chi connectivity index (χ2n) is 6.63. The van der Waals surface area contributed by atoms with Crippen LogP contribution >= 0.6 is 28.3 Å². The van der Waals surface area contributed by atoms with Crippen molar-refractivity contribution in [2.45, 2.75) is 25.3 Å². The number of benzene rings is 1. The summed E-state index contributed by atoms with van der Waals surface area (Å²) in [4.78, 5) is 21.4. The van der Waals surface area contributed by atoms with Crippen LogP contribution in [0.1, 0.15) is 30.0 Å². The number of rotatable bonds is 6. The highest BCUT2D eigenvalue weighted by Gasteiger charge is 2.25. The molecule has 0 aliphatic carbocycles. The second kappa shape index (κ2) is 10.0. The smallest absolute Gasteiger partial charge is 0.227 e. The van der Waals surface area contributed by atoms with Crippen molar-refractivity contribution in [2.75, 3.05) is 26.7 Å². The number of aromatic nitrogens is 1. The van der Waals surface area contributed by atoms with Crippen LogP contribution in [0.3, 0.4) is 0 Å². The molecule has 0 radical (unpaired) electrons. The number of hydrogen-bond donors (Lipinski definition) is 0. The van der Waals surface area contributed by atoms with Gasteiger partial charge in [0.15, 0.2) is 0 Å². The summed E-state index contributed by atoms with van der Waals surface area (Å²) < 4.78 is 0.900. The number of carbonyl (C=O) groups excluding carboxylic acids is 1. The van der Waals surface area contributed by atoms with Crippen molar-refractivity contribution in [2.24, 2.45) is 0 Å². The summed E-state index contributed by atoms with van der Waals surface area (Å²) >= 11 is 3.42. The first kappa shape index (κ1) is 20.9. The van der Waals surface area contributed by atoms with Crippen molar-refractivity contribution in [1.29, 1.82) is 0 Å². The van der Waals surface area contributed by atoms with Crippen LogP contribution in [0, 0.1) is 0 Å². The molecular formula is C20H25BrClN3O. The van der Waals surface area contributed by atoms with Crippen LogP contribution in [0.2, 0.25) is 0 Å². The average molecular weight is 439 g/mol. The predicted molar refractivity (Wildman–Crippen MR) is 111 cm³/mol. The Kier molecular flexibility index (Phi) is 8.07. The Balaban J connectivity index is 0.00000243. The molecule has 4 nitrogen and oxygen atoms in total. The topological polar surface area (TPSA) is 36.4 Å². The lowest BCUT2D eigenvalue weighted by Gasteiger charge is -2.32. The molecule has 2 heterocycles. The third-order valence-corrected chi connectivity index (χ3v) is 5.23. The van der Waals surface area contributed by atoms with Crippen LogP contribution in [0.15, 0.2) is 53.3 Å². The molecule has 1 fully saturated rings. The van der Waals surface area contributed by atoms with Gasteiger partial charge in [-0.3, -0.25) is 9.78 Å². The molecule has 1 aliphatic heterocycles. The molecule has 1 aromatic heterocycles. The highest BCUT2D eigenvalue weighted by molar-refractivity contribution is 9.10. The van der Waals surface area contributed by atoms with Gasteiger partial charge in [0, 0.05) is 30.5 Å². The lowest BCUT2D eigenvalue weighted by molar-refractivity contribution is -0.131. The lowest BCUT2D eigenvalue weighted by atomic mass is 10.0. The summed E-state index contributed by atoms with van der Waals surface area (Å²) in [5.74, 6) is 0.118. The van der Waals surface area contributed by atoms with Crippen LogP contribution in [-0.2, 0) is 11.2 Å². The predicted octanol–water partition coefficient (Wildman–Crippen LogP) is 4.10. The third-order valence-electron chi connectivity index (χ3n) is 4.79. The SMILES string of the molecule is CN(C(=O)Cc1cncc(Br)c1)C(CN1CCCC1)c1ccccc1.Cl. The number of halogens is 2. The summed E-state index contributed by atoms with van der Waals surface area (Å²) in [7, 11) is 1.92. The number of likely N-dealkylation sites (N-methyl/N-ethyl adjacent to an activating group) is 1. The van der Waals surface area contributed by atoms with Crippen LogP contribution in [0.4, 0.5) is 0 Å². The Hall–Kier alpha value is -1.43. The molecule has 0 N–H and O–H groups in total. The minimum atomic E-state index is 0. The Morgan fingerprint density at radius 2 is 1.92 bits per heavy atom. The molecule has 6 heteroatoms. The first-order chi connectivity index (χ1) is 12.1. The Morgan fingerprint density at radius 3 is 2.58 bits per heavy atom. The standard InChI is InChI=1S/C20H24BrN3O.ClH/c1-23(20(25)12-16-11-18(21)14-22-13-16)19(15-24-9-5-6-10-24)17-7-3-2-4-8-17;/h2-4,7-8,11,13-14,19H,5-6,9-10,12,15H2,1H3;1H. The summed E-state index contributed by atoms with van der Waals surface area (Å²) in [6.45, 7) is 3.14. The number of amides is 1. The maximum absolute atomic E-state index is 12.9. The number of nitrogens with zero attached hydrogens (tertiary/aromatic N) is 3. The van der Waals surface area contributed by atoms with E-state index in [0.29, 0.717) is 6.42 Å². The van der Waals surface area contributed by atoms with Crippen molar-refractivity contribution in [3.05, 3.63) is 64.4 Å². The van der Waals surface area contributed by atoms with Crippen molar-refractivity contribution in [3.8, 4) is 0 Å². The van der Waals surface area contributed by atoms with Gasteiger partial charge in [0.1, 0.15) is 0 Å². The van der Waals surface area contributed by atoms with Crippen LogP contribution < -0.4 is 0 Å². The molecule has 1 amide bonds. The fourth-order valence-electron chi connectivity index (χ4n) is 3.36. The minimum absolute atomic E-state index is 0. The molecule has 2 aromatic rings. The molecule has 0 spiro atoms. The van der Waals surface area contributed by atoms with E-state index in [1.807, 2.05) is 36.2 Å². The first-order valence-electron chi connectivity index (χ1n) is 8.76. The van der Waals surface area contributed by atoms with E-state index in [4.69, 9.17) is 0 Å². The van der Waals surface area contributed by atoms with Gasteiger partial charge >= 0.3 is 0 Å². The van der Waals surface area contributed by atoms with E-state index in [9.17, 15) is 4.79 Å². The van der Waals surface area contributed by atoms with Gasteiger partial charge in [-0.25, -0.2) is 0 Å². The van der Waals surface area contributed by atoms with Gasteiger partial charge in [-0.2, -0.15) is 0 Å². The maximum Gasteiger partial charge on any atom is 0.227 e. The summed E-state index contributed by atoms with van der Waals surface area (Å²) in [6.07, 6.45) is 6.37. The van der Waals surface area contributed by atoms with Crippen molar-refractivity contribution >= 4 is 34.2 Å². The molecule has 26 heavy (non-hydrogen) atoms. The van der Waals surface area contributed by atoms with Crippen LogP contribution in [-0.4, -0.2) is 47.4 Å². The number of likely N-dealkylation sites (tertiary alicyclic amines) is 1. The average Bonchev–Trinajstić information content (AvgIpc) is 3.13. The van der Waals surface area contributed by atoms with Gasteiger partial charge < -0.3 is 9.80 Å². The molecule has 1 saturated heterocycles. The van der Waals surface area contributed by atoms with Gasteiger partial charge in [-0.05, 0) is 59.1 Å². The zero-order valence-electron chi connectivity index (χ0n) is 15.0. The molecule has 1 aromatic carbocycles. The summed E-state index contributed by atoms with van der Waals surface area (Å²) in [6, 6.07) is 12.4. The fourth-order valence-corrected chi connectivity index (χ4v) is 3.77. The summed E-state index contributed by atoms with van der Waals surface area (Å²) in [5.41, 5.74) is 2.12. The molecule has 1 aliphatic rings. The number of carbonyl (C=O) groups is 1. The molecule has 0 saturated carbocycles. The quantitative estimate of drug-likeness (QED) is 0.681. The molecular weight excluding hydrogens is 414 g/mol. The number of hydrogen-bond acceptors (Lipinski definition) is 3. The third kappa shape index (κ3) is 5.53. The van der Waals surface area contributed by atoms with Crippen molar-refractivity contribution in [1.82, 2.24) is 14.8 Å². The largest absolute Gasteiger partial charge is 0.337 e. The summed E-state index contributed by atoms with van der Waals surface area (Å²) in [5, 5.41) is 0. The number of pyridine rings is 1. The molecule has 1 atom stereocenters. The van der Waals surface area contributed by atoms with Gasteiger partial charge in [-0.1, -0.05) is 30.3 Å².